The van der Waals surface area contributed by atoms with Crippen LogP contribution in [0.3, 0.4) is 0 Å². The van der Waals surface area contributed by atoms with Crippen LogP contribution in [0.5, 0.6) is 0 Å². The SMILES string of the molecule is Cc1cc(N)c(C=NCC2CNC2)cc1C=O. The van der Waals surface area contributed by atoms with Gasteiger partial charge < -0.3 is 11.1 Å². The maximum atomic E-state index is 10.8. The number of carbonyl (C=O) groups excluding carboxylic acids is 1. The standard InChI is InChI=1S/C13H17N3O/c1-9-2-13(14)11(3-12(9)8-17)7-16-6-10-4-15-5-10/h2-3,7-8,10,15H,4-6,14H2,1H3. The number of aliphatic imine (C=N–C) groups is 1. The number of rotatable bonds is 4. The Bertz CT molecular complexity index is 450. The van der Waals surface area contributed by atoms with Gasteiger partial charge in [0, 0.05) is 48.6 Å². The molecule has 4 heteroatoms. The molecule has 1 aromatic carbocycles. The van der Waals surface area contributed by atoms with Crippen molar-refractivity contribution in [3.8, 4) is 0 Å². The summed E-state index contributed by atoms with van der Waals surface area (Å²) in [5.74, 6) is 0.642. The molecule has 0 saturated carbocycles. The van der Waals surface area contributed by atoms with Gasteiger partial charge in [0.15, 0.2) is 0 Å². The summed E-state index contributed by atoms with van der Waals surface area (Å²) in [5, 5.41) is 3.20. The summed E-state index contributed by atoms with van der Waals surface area (Å²) < 4.78 is 0. The molecule has 1 saturated heterocycles. The topological polar surface area (TPSA) is 67.5 Å². The molecule has 0 unspecified atom stereocenters. The summed E-state index contributed by atoms with van der Waals surface area (Å²) >= 11 is 0. The second-order valence-electron chi connectivity index (χ2n) is 4.47. The number of nitrogens with zero attached hydrogens (tertiary/aromatic N) is 1. The van der Waals surface area contributed by atoms with E-state index in [1.807, 2.05) is 13.0 Å². The Kier molecular flexibility index (Phi) is 3.54. The first-order valence-corrected chi connectivity index (χ1v) is 5.76. The van der Waals surface area contributed by atoms with E-state index in [0.29, 0.717) is 17.2 Å². The highest BCUT2D eigenvalue weighted by atomic mass is 16.1. The van der Waals surface area contributed by atoms with Gasteiger partial charge in [0.25, 0.3) is 0 Å². The predicted molar refractivity (Wildman–Crippen MR) is 69.8 cm³/mol. The number of aldehydes is 1. The first-order chi connectivity index (χ1) is 8.20. The largest absolute Gasteiger partial charge is 0.398 e. The Balaban J connectivity index is 2.10. The molecule has 90 valence electrons. The average molecular weight is 231 g/mol. The fourth-order valence-electron chi connectivity index (χ4n) is 1.78. The van der Waals surface area contributed by atoms with Gasteiger partial charge >= 0.3 is 0 Å². The van der Waals surface area contributed by atoms with Crippen molar-refractivity contribution in [2.24, 2.45) is 10.9 Å². The zero-order valence-corrected chi connectivity index (χ0v) is 9.94. The molecule has 0 aliphatic carbocycles. The van der Waals surface area contributed by atoms with Crippen molar-refractivity contribution in [3.63, 3.8) is 0 Å². The monoisotopic (exact) mass is 231 g/mol. The molecule has 3 N–H and O–H groups in total. The molecule has 1 aromatic rings. The van der Waals surface area contributed by atoms with E-state index in [1.54, 1.807) is 12.3 Å². The minimum Gasteiger partial charge on any atom is -0.398 e. The lowest BCUT2D eigenvalue weighted by Crippen LogP contribution is -2.43. The number of carbonyl (C=O) groups is 1. The van der Waals surface area contributed by atoms with Gasteiger partial charge in [0.05, 0.1) is 0 Å². The van der Waals surface area contributed by atoms with Crippen molar-refractivity contribution in [1.29, 1.82) is 0 Å². The molecule has 0 spiro atoms. The fraction of sp³-hybridized carbons (Fsp3) is 0.385. The third-order valence-electron chi connectivity index (χ3n) is 3.06. The van der Waals surface area contributed by atoms with E-state index in [-0.39, 0.29) is 0 Å². The van der Waals surface area contributed by atoms with Gasteiger partial charge in [-0.25, -0.2) is 0 Å². The number of nitrogens with one attached hydrogen (secondary N) is 1. The lowest BCUT2D eigenvalue weighted by Gasteiger charge is -2.24. The van der Waals surface area contributed by atoms with E-state index in [2.05, 4.69) is 10.3 Å². The molecule has 1 aliphatic rings. The van der Waals surface area contributed by atoms with Crippen LogP contribution >= 0.6 is 0 Å². The van der Waals surface area contributed by atoms with E-state index < -0.39 is 0 Å². The average Bonchev–Trinajstić information content (AvgIpc) is 2.24. The predicted octanol–water partition coefficient (Wildman–Crippen LogP) is 1.03. The Morgan fingerprint density at radius 2 is 2.24 bits per heavy atom. The van der Waals surface area contributed by atoms with Crippen molar-refractivity contribution in [2.75, 3.05) is 25.4 Å². The molecule has 1 fully saturated rings. The third-order valence-corrected chi connectivity index (χ3v) is 3.06. The molecule has 0 amide bonds. The highest BCUT2D eigenvalue weighted by Gasteiger charge is 2.14. The van der Waals surface area contributed by atoms with Crippen LogP contribution in [0.4, 0.5) is 5.69 Å². The van der Waals surface area contributed by atoms with Gasteiger partial charge in [-0.1, -0.05) is 0 Å². The lowest BCUT2D eigenvalue weighted by atomic mass is 10.0. The van der Waals surface area contributed by atoms with E-state index >= 15 is 0 Å². The van der Waals surface area contributed by atoms with E-state index in [9.17, 15) is 4.79 Å². The van der Waals surface area contributed by atoms with Crippen molar-refractivity contribution in [1.82, 2.24) is 5.32 Å². The van der Waals surface area contributed by atoms with Crippen LogP contribution in [0.25, 0.3) is 0 Å². The van der Waals surface area contributed by atoms with Crippen molar-refractivity contribution in [2.45, 2.75) is 6.92 Å². The molecule has 2 rings (SSSR count). The number of aryl methyl sites for hydroxylation is 1. The van der Waals surface area contributed by atoms with Crippen molar-refractivity contribution in [3.05, 3.63) is 28.8 Å². The van der Waals surface area contributed by atoms with Crippen LogP contribution in [0, 0.1) is 12.8 Å². The van der Waals surface area contributed by atoms with Gasteiger partial charge in [-0.3, -0.25) is 9.79 Å². The van der Waals surface area contributed by atoms with Crippen LogP contribution in [0.1, 0.15) is 21.5 Å². The highest BCUT2D eigenvalue weighted by molar-refractivity contribution is 5.91. The Morgan fingerprint density at radius 1 is 1.47 bits per heavy atom. The quantitative estimate of drug-likeness (QED) is 0.462. The van der Waals surface area contributed by atoms with E-state index in [4.69, 9.17) is 5.73 Å². The molecular formula is C13H17N3O. The molecule has 0 bridgehead atoms. The number of hydrogen-bond donors (Lipinski definition) is 2. The minimum atomic E-state index is 0.642. The second-order valence-corrected chi connectivity index (χ2v) is 4.47. The maximum absolute atomic E-state index is 10.8. The first-order valence-electron chi connectivity index (χ1n) is 5.76. The molecule has 0 aromatic heterocycles. The molecule has 1 aliphatic heterocycles. The maximum Gasteiger partial charge on any atom is 0.150 e. The van der Waals surface area contributed by atoms with Crippen LogP contribution < -0.4 is 11.1 Å². The number of hydrogen-bond acceptors (Lipinski definition) is 4. The zero-order valence-electron chi connectivity index (χ0n) is 9.94. The molecule has 4 nitrogen and oxygen atoms in total. The number of benzene rings is 1. The normalized spacial score (nSPS) is 16.1. The summed E-state index contributed by atoms with van der Waals surface area (Å²) in [5.41, 5.74) is 8.96. The van der Waals surface area contributed by atoms with Gasteiger partial charge in [-0.2, -0.15) is 0 Å². The Hall–Kier alpha value is -1.68. The number of nitrogen functional groups attached to an aromatic ring is 1. The van der Waals surface area contributed by atoms with E-state index in [1.165, 1.54) is 0 Å². The van der Waals surface area contributed by atoms with Gasteiger partial charge in [-0.05, 0) is 24.6 Å². The number of nitrogens with two attached hydrogens (primary N) is 1. The van der Waals surface area contributed by atoms with Gasteiger partial charge in [0.2, 0.25) is 0 Å². The fourth-order valence-corrected chi connectivity index (χ4v) is 1.78. The zero-order chi connectivity index (χ0) is 12.3. The van der Waals surface area contributed by atoms with E-state index in [0.717, 1.165) is 37.0 Å². The molecular weight excluding hydrogens is 214 g/mol. The molecule has 0 atom stereocenters. The lowest BCUT2D eigenvalue weighted by molar-refractivity contribution is 0.112. The summed E-state index contributed by atoms with van der Waals surface area (Å²) in [7, 11) is 0. The molecule has 0 radical (unpaired) electrons. The van der Waals surface area contributed by atoms with Crippen LogP contribution in [-0.2, 0) is 0 Å². The van der Waals surface area contributed by atoms with Crippen LogP contribution in [0.15, 0.2) is 17.1 Å². The first kappa shape index (κ1) is 11.8. The van der Waals surface area contributed by atoms with Crippen molar-refractivity contribution < 1.29 is 4.79 Å². The minimum absolute atomic E-state index is 0.642. The molecule has 1 heterocycles. The second kappa shape index (κ2) is 5.10. The Labute approximate surface area is 101 Å². The summed E-state index contributed by atoms with van der Waals surface area (Å²) in [4.78, 5) is 15.2. The summed E-state index contributed by atoms with van der Waals surface area (Å²) in [6, 6.07) is 3.61. The molecule has 17 heavy (non-hydrogen) atoms. The summed E-state index contributed by atoms with van der Waals surface area (Å²) in [6.07, 6.45) is 2.61. The third kappa shape index (κ3) is 2.71. The van der Waals surface area contributed by atoms with Crippen LogP contribution in [-0.4, -0.2) is 32.1 Å². The highest BCUT2D eigenvalue weighted by Crippen LogP contribution is 2.16. The van der Waals surface area contributed by atoms with Crippen LogP contribution in [0.2, 0.25) is 0 Å². The van der Waals surface area contributed by atoms with Gasteiger partial charge in [0.1, 0.15) is 6.29 Å². The Morgan fingerprint density at radius 3 is 2.82 bits per heavy atom. The van der Waals surface area contributed by atoms with Gasteiger partial charge in [-0.15, -0.1) is 0 Å². The summed E-state index contributed by atoms with van der Waals surface area (Å²) in [6.45, 7) is 4.78. The number of anilines is 1. The smallest absolute Gasteiger partial charge is 0.150 e. The van der Waals surface area contributed by atoms with Crippen molar-refractivity contribution >= 4 is 18.2 Å².